The Bertz CT molecular complexity index is 540. The number of aryl methyl sites for hydroxylation is 1. The lowest BCUT2D eigenvalue weighted by molar-refractivity contribution is 0.636. The molecule has 16 heavy (non-hydrogen) atoms. The Morgan fingerprint density at radius 1 is 1.25 bits per heavy atom. The van der Waals surface area contributed by atoms with Gasteiger partial charge in [0.15, 0.2) is 0 Å². The van der Waals surface area contributed by atoms with Gasteiger partial charge in [0.2, 0.25) is 0 Å². The molecule has 0 atom stereocenters. The first-order chi connectivity index (χ1) is 7.81. The van der Waals surface area contributed by atoms with Gasteiger partial charge < -0.3 is 4.57 Å². The van der Waals surface area contributed by atoms with Gasteiger partial charge in [0, 0.05) is 22.5 Å². The minimum Gasteiger partial charge on any atom is -0.336 e. The summed E-state index contributed by atoms with van der Waals surface area (Å²) in [7, 11) is 0. The first-order valence-electron chi connectivity index (χ1n) is 6.41. The van der Waals surface area contributed by atoms with Gasteiger partial charge in [0.05, 0.1) is 0 Å². The zero-order chi connectivity index (χ0) is 10.7. The molecule has 2 aliphatic carbocycles. The van der Waals surface area contributed by atoms with E-state index < -0.39 is 0 Å². The third-order valence-electron chi connectivity index (χ3n) is 3.91. The van der Waals surface area contributed by atoms with E-state index >= 15 is 0 Å². The first-order valence-corrected chi connectivity index (χ1v) is 7.22. The maximum atomic E-state index is 2.56. The van der Waals surface area contributed by atoms with Crippen LogP contribution in [0, 0.1) is 12.8 Å². The number of rotatable bonds is 3. The van der Waals surface area contributed by atoms with Crippen LogP contribution in [0.15, 0.2) is 12.1 Å². The lowest BCUT2D eigenvalue weighted by Gasteiger charge is -2.05. The fraction of sp³-hybridized carbons (Fsp3) is 0.571. The lowest BCUT2D eigenvalue weighted by atomic mass is 10.3. The molecular formula is C14H17NS. The molecule has 2 heteroatoms. The van der Waals surface area contributed by atoms with E-state index in [1.165, 1.54) is 48.1 Å². The van der Waals surface area contributed by atoms with Crippen LogP contribution >= 0.6 is 11.3 Å². The van der Waals surface area contributed by atoms with Crippen molar-refractivity contribution in [1.29, 1.82) is 0 Å². The van der Waals surface area contributed by atoms with Gasteiger partial charge in [-0.1, -0.05) is 0 Å². The van der Waals surface area contributed by atoms with Crippen LogP contribution in [0.4, 0.5) is 0 Å². The molecule has 2 saturated carbocycles. The van der Waals surface area contributed by atoms with Crippen LogP contribution in [0.5, 0.6) is 0 Å². The van der Waals surface area contributed by atoms with Crippen molar-refractivity contribution in [2.75, 3.05) is 0 Å². The van der Waals surface area contributed by atoms with Gasteiger partial charge in [0.25, 0.3) is 0 Å². The monoisotopic (exact) mass is 231 g/mol. The Morgan fingerprint density at radius 3 is 2.75 bits per heavy atom. The smallest absolute Gasteiger partial charge is 0.103 e. The predicted molar refractivity (Wildman–Crippen MR) is 69.3 cm³/mol. The molecule has 2 aliphatic rings. The van der Waals surface area contributed by atoms with Crippen molar-refractivity contribution in [1.82, 2.24) is 4.57 Å². The summed E-state index contributed by atoms with van der Waals surface area (Å²) in [5.74, 6) is 1.88. The van der Waals surface area contributed by atoms with Gasteiger partial charge in [-0.2, -0.15) is 0 Å². The summed E-state index contributed by atoms with van der Waals surface area (Å²) in [5.41, 5.74) is 1.45. The third-order valence-corrected chi connectivity index (χ3v) is 5.25. The average molecular weight is 231 g/mol. The minimum absolute atomic E-state index is 0.909. The fourth-order valence-electron chi connectivity index (χ4n) is 2.55. The van der Waals surface area contributed by atoms with E-state index in [2.05, 4.69) is 23.6 Å². The van der Waals surface area contributed by atoms with Gasteiger partial charge in [-0.15, -0.1) is 11.3 Å². The van der Waals surface area contributed by atoms with Crippen LogP contribution in [0.3, 0.4) is 0 Å². The second kappa shape index (κ2) is 3.13. The van der Waals surface area contributed by atoms with Gasteiger partial charge in [-0.05, 0) is 56.6 Å². The molecular weight excluding hydrogens is 214 g/mol. The SMILES string of the molecule is Cc1cc2cc(C3CC3)sc2n1CC1CC1. The molecule has 2 fully saturated rings. The van der Waals surface area contributed by atoms with Crippen molar-refractivity contribution in [3.05, 3.63) is 22.7 Å². The van der Waals surface area contributed by atoms with Crippen LogP contribution in [0.25, 0.3) is 10.2 Å². The summed E-state index contributed by atoms with van der Waals surface area (Å²) in [6, 6.07) is 4.81. The molecule has 0 aliphatic heterocycles. The molecule has 0 aromatic carbocycles. The van der Waals surface area contributed by atoms with Gasteiger partial charge >= 0.3 is 0 Å². The van der Waals surface area contributed by atoms with Crippen molar-refractivity contribution in [2.45, 2.75) is 45.1 Å². The summed E-state index contributed by atoms with van der Waals surface area (Å²) in [6.07, 6.45) is 5.73. The molecule has 2 heterocycles. The van der Waals surface area contributed by atoms with Gasteiger partial charge in [0.1, 0.15) is 4.83 Å². The molecule has 0 spiro atoms. The van der Waals surface area contributed by atoms with Crippen LogP contribution in [-0.4, -0.2) is 4.57 Å². The van der Waals surface area contributed by atoms with E-state index in [0.29, 0.717) is 0 Å². The second-order valence-corrected chi connectivity index (χ2v) is 6.59. The number of hydrogen-bond acceptors (Lipinski definition) is 1. The highest BCUT2D eigenvalue weighted by atomic mass is 32.1. The molecule has 84 valence electrons. The highest BCUT2D eigenvalue weighted by Gasteiger charge is 2.27. The summed E-state index contributed by atoms with van der Waals surface area (Å²) in [4.78, 5) is 3.17. The quantitative estimate of drug-likeness (QED) is 0.742. The first kappa shape index (κ1) is 9.29. The molecule has 0 radical (unpaired) electrons. The second-order valence-electron chi connectivity index (χ2n) is 5.52. The third kappa shape index (κ3) is 1.43. The molecule has 0 unspecified atom stereocenters. The topological polar surface area (TPSA) is 4.93 Å². The minimum atomic E-state index is 0.909. The van der Waals surface area contributed by atoms with Gasteiger partial charge in [-0.3, -0.25) is 0 Å². The molecule has 1 nitrogen and oxygen atoms in total. The maximum Gasteiger partial charge on any atom is 0.103 e. The number of fused-ring (bicyclic) bond motifs is 1. The fourth-order valence-corrected chi connectivity index (χ4v) is 3.92. The zero-order valence-electron chi connectivity index (χ0n) is 9.70. The number of hydrogen-bond donors (Lipinski definition) is 0. The van der Waals surface area contributed by atoms with Crippen LogP contribution in [0.1, 0.15) is 42.2 Å². The molecule has 2 aromatic heterocycles. The summed E-state index contributed by atoms with van der Waals surface area (Å²) in [5, 5.41) is 1.49. The van der Waals surface area contributed by atoms with Crippen molar-refractivity contribution >= 4 is 21.6 Å². The number of nitrogens with zero attached hydrogens (tertiary/aromatic N) is 1. The highest BCUT2D eigenvalue weighted by molar-refractivity contribution is 7.18. The normalized spacial score (nSPS) is 20.8. The predicted octanol–water partition coefficient (Wildman–Crippen LogP) is 4.30. The van der Waals surface area contributed by atoms with E-state index in [4.69, 9.17) is 0 Å². The van der Waals surface area contributed by atoms with Crippen LogP contribution < -0.4 is 0 Å². The average Bonchev–Trinajstić information content (AvgIpc) is 3.15. The molecule has 0 amide bonds. The van der Waals surface area contributed by atoms with Gasteiger partial charge in [-0.25, -0.2) is 0 Å². The Labute approximate surface area is 100 Å². The lowest BCUT2D eigenvalue weighted by Crippen LogP contribution is -2.00. The summed E-state index contributed by atoms with van der Waals surface area (Å²) in [6.45, 7) is 3.52. The van der Waals surface area contributed by atoms with Crippen molar-refractivity contribution in [3.63, 3.8) is 0 Å². The Kier molecular flexibility index (Phi) is 1.82. The molecule has 0 N–H and O–H groups in total. The number of thiophene rings is 1. The number of aromatic nitrogens is 1. The highest BCUT2D eigenvalue weighted by Crippen LogP contribution is 2.46. The van der Waals surface area contributed by atoms with Crippen LogP contribution in [-0.2, 0) is 6.54 Å². The van der Waals surface area contributed by atoms with Crippen molar-refractivity contribution < 1.29 is 0 Å². The van der Waals surface area contributed by atoms with E-state index in [1.54, 1.807) is 4.88 Å². The molecule has 4 rings (SSSR count). The summed E-state index contributed by atoms with van der Waals surface area (Å²) < 4.78 is 2.56. The standard InChI is InChI=1S/C14H17NS/c1-9-6-12-7-13(11-4-5-11)16-14(12)15(9)8-10-2-3-10/h6-7,10-11H,2-5,8H2,1H3. The van der Waals surface area contributed by atoms with E-state index in [0.717, 1.165) is 11.8 Å². The van der Waals surface area contributed by atoms with Crippen molar-refractivity contribution in [3.8, 4) is 0 Å². The zero-order valence-corrected chi connectivity index (χ0v) is 10.5. The van der Waals surface area contributed by atoms with E-state index in [-0.39, 0.29) is 0 Å². The largest absolute Gasteiger partial charge is 0.336 e. The summed E-state index contributed by atoms with van der Waals surface area (Å²) >= 11 is 2.05. The molecule has 0 bridgehead atoms. The van der Waals surface area contributed by atoms with E-state index in [9.17, 15) is 0 Å². The molecule has 0 saturated heterocycles. The Hall–Kier alpha value is -0.760. The van der Waals surface area contributed by atoms with E-state index in [1.807, 2.05) is 11.3 Å². The molecule has 2 aromatic rings. The van der Waals surface area contributed by atoms with Crippen LogP contribution in [0.2, 0.25) is 0 Å². The van der Waals surface area contributed by atoms with Crippen molar-refractivity contribution in [2.24, 2.45) is 5.92 Å². The maximum absolute atomic E-state index is 2.56. The Morgan fingerprint density at radius 2 is 2.06 bits per heavy atom. The Balaban J connectivity index is 1.80.